The van der Waals surface area contributed by atoms with Crippen molar-refractivity contribution in [3.8, 4) is 5.75 Å². The topological polar surface area (TPSA) is 9.23 Å². The van der Waals surface area contributed by atoms with E-state index in [2.05, 4.69) is 31.2 Å². The number of rotatable bonds is 5. The second kappa shape index (κ2) is 8.82. The summed E-state index contributed by atoms with van der Waals surface area (Å²) in [6, 6.07) is 5.90. The Morgan fingerprint density at radius 2 is 1.96 bits per heavy atom. The van der Waals surface area contributed by atoms with Crippen molar-refractivity contribution < 1.29 is 9.13 Å². The number of fused-ring (bicyclic) bond motifs is 1. The molecule has 0 spiro atoms. The van der Waals surface area contributed by atoms with E-state index >= 15 is 0 Å². The first kappa shape index (κ1) is 19.7. The number of halogens is 1. The summed E-state index contributed by atoms with van der Waals surface area (Å²) in [6.45, 7) is 4.51. The molecule has 0 bridgehead atoms. The summed E-state index contributed by atoms with van der Waals surface area (Å²) < 4.78 is 20.8. The molecular formula is C25H31FOS. The van der Waals surface area contributed by atoms with E-state index < -0.39 is 0 Å². The molecule has 150 valence electrons. The maximum Gasteiger partial charge on any atom is 0.182 e. The van der Waals surface area contributed by atoms with E-state index in [4.69, 9.17) is 4.74 Å². The van der Waals surface area contributed by atoms with Crippen LogP contribution in [0, 0.1) is 23.6 Å². The normalized spacial score (nSPS) is 26.0. The van der Waals surface area contributed by atoms with Crippen molar-refractivity contribution in [2.24, 2.45) is 17.8 Å². The molecule has 28 heavy (non-hydrogen) atoms. The molecule has 1 unspecified atom stereocenters. The van der Waals surface area contributed by atoms with Gasteiger partial charge in [0.2, 0.25) is 0 Å². The van der Waals surface area contributed by atoms with Crippen molar-refractivity contribution in [3.63, 3.8) is 0 Å². The van der Waals surface area contributed by atoms with Crippen molar-refractivity contribution in [3.05, 3.63) is 47.1 Å². The Hall–Kier alpha value is -1.61. The van der Waals surface area contributed by atoms with Crippen LogP contribution in [0.15, 0.2) is 36.4 Å². The van der Waals surface area contributed by atoms with Gasteiger partial charge in [0, 0.05) is 4.88 Å². The van der Waals surface area contributed by atoms with Crippen LogP contribution in [0.2, 0.25) is 0 Å². The van der Waals surface area contributed by atoms with Gasteiger partial charge in [0.05, 0.1) is 11.3 Å². The first-order valence-electron chi connectivity index (χ1n) is 10.9. The highest BCUT2D eigenvalue weighted by molar-refractivity contribution is 7.20. The van der Waals surface area contributed by atoms with E-state index in [1.54, 1.807) is 17.4 Å². The number of hydrogen-bond donors (Lipinski definition) is 0. The molecule has 2 aliphatic rings. The molecule has 1 heterocycles. The summed E-state index contributed by atoms with van der Waals surface area (Å²) in [6.07, 6.45) is 16.2. The summed E-state index contributed by atoms with van der Waals surface area (Å²) in [4.78, 5) is 1.23. The molecule has 1 nitrogen and oxygen atoms in total. The third-order valence-corrected chi connectivity index (χ3v) is 7.83. The molecule has 0 N–H and O–H groups in total. The van der Waals surface area contributed by atoms with Crippen molar-refractivity contribution in [2.75, 3.05) is 6.61 Å². The molecule has 2 aromatic rings. The molecule has 1 aromatic carbocycles. The van der Waals surface area contributed by atoms with Crippen LogP contribution in [-0.4, -0.2) is 6.61 Å². The van der Waals surface area contributed by atoms with E-state index in [1.165, 1.54) is 49.0 Å². The van der Waals surface area contributed by atoms with Crippen LogP contribution >= 0.6 is 11.3 Å². The van der Waals surface area contributed by atoms with E-state index in [1.807, 2.05) is 13.0 Å². The zero-order valence-electron chi connectivity index (χ0n) is 17.0. The molecule has 0 aliphatic heterocycles. The first-order valence-corrected chi connectivity index (χ1v) is 11.7. The van der Waals surface area contributed by atoms with Crippen LogP contribution in [0.1, 0.15) is 63.7 Å². The zero-order chi connectivity index (χ0) is 19.5. The SMILES string of the molecule is C/C=C/C1CCC(C2CC=C(c3cc4ccc(OCC)c(F)c4s3)CC2)CC1. The van der Waals surface area contributed by atoms with Gasteiger partial charge in [0.25, 0.3) is 0 Å². The van der Waals surface area contributed by atoms with Gasteiger partial charge in [-0.25, -0.2) is 4.39 Å². The van der Waals surface area contributed by atoms with Gasteiger partial charge in [0.15, 0.2) is 11.6 Å². The average Bonchev–Trinajstić information content (AvgIpc) is 3.17. The minimum atomic E-state index is -0.206. The van der Waals surface area contributed by atoms with Crippen molar-refractivity contribution >= 4 is 27.0 Å². The van der Waals surface area contributed by atoms with Gasteiger partial charge in [-0.3, -0.25) is 0 Å². The summed E-state index contributed by atoms with van der Waals surface area (Å²) >= 11 is 1.58. The second-order valence-corrected chi connectivity index (χ2v) is 9.36. The number of hydrogen-bond acceptors (Lipinski definition) is 2. The van der Waals surface area contributed by atoms with Gasteiger partial charge < -0.3 is 4.74 Å². The molecule has 1 saturated carbocycles. The molecule has 3 heteroatoms. The maximum atomic E-state index is 14.7. The number of benzene rings is 1. The highest BCUT2D eigenvalue weighted by atomic mass is 32.1. The van der Waals surface area contributed by atoms with Crippen LogP contribution in [0.25, 0.3) is 15.7 Å². The van der Waals surface area contributed by atoms with Crippen molar-refractivity contribution in [2.45, 2.75) is 58.8 Å². The van der Waals surface area contributed by atoms with Crippen LogP contribution in [-0.2, 0) is 0 Å². The molecule has 2 aliphatic carbocycles. The fourth-order valence-electron chi connectivity index (χ4n) is 5.06. The van der Waals surface area contributed by atoms with Gasteiger partial charge in [0.1, 0.15) is 0 Å². The predicted octanol–water partition coefficient (Wildman–Crippen LogP) is 8.01. The Balaban J connectivity index is 1.44. The van der Waals surface area contributed by atoms with Gasteiger partial charge in [-0.15, -0.1) is 11.3 Å². The highest BCUT2D eigenvalue weighted by Gasteiger charge is 2.28. The van der Waals surface area contributed by atoms with Crippen LogP contribution in [0.3, 0.4) is 0 Å². The fraction of sp³-hybridized carbons (Fsp3) is 0.520. The monoisotopic (exact) mass is 398 g/mol. The largest absolute Gasteiger partial charge is 0.491 e. The molecule has 0 radical (unpaired) electrons. The second-order valence-electron chi connectivity index (χ2n) is 8.30. The zero-order valence-corrected chi connectivity index (χ0v) is 17.9. The lowest BCUT2D eigenvalue weighted by atomic mass is 9.71. The fourth-order valence-corrected chi connectivity index (χ4v) is 6.22. The van der Waals surface area contributed by atoms with Crippen molar-refractivity contribution in [1.29, 1.82) is 0 Å². The molecule has 4 rings (SSSR count). The Labute approximate surface area is 172 Å². The molecule has 0 amide bonds. The molecular weight excluding hydrogens is 367 g/mol. The molecule has 1 fully saturated rings. The summed E-state index contributed by atoms with van der Waals surface area (Å²) in [5, 5.41) is 0.992. The molecule has 1 aromatic heterocycles. The first-order chi connectivity index (χ1) is 13.7. The Morgan fingerprint density at radius 1 is 1.14 bits per heavy atom. The Bertz CT molecular complexity index is 870. The lowest BCUT2D eigenvalue weighted by Gasteiger charge is -2.34. The van der Waals surface area contributed by atoms with E-state index in [-0.39, 0.29) is 5.82 Å². The smallest absolute Gasteiger partial charge is 0.182 e. The third-order valence-electron chi connectivity index (χ3n) is 6.61. The summed E-state index contributed by atoms with van der Waals surface area (Å²) in [5.74, 6) is 2.71. The summed E-state index contributed by atoms with van der Waals surface area (Å²) in [7, 11) is 0. The third kappa shape index (κ3) is 4.05. The van der Waals surface area contributed by atoms with Gasteiger partial charge in [-0.05, 0) is 106 Å². The number of allylic oxidation sites excluding steroid dienone is 4. The standard InChI is InChI=1S/C25H31FOS/c1-3-5-17-6-8-18(9-7-17)19-10-12-20(13-11-19)23-16-21-14-15-22(27-4-2)24(26)25(21)28-23/h3,5,12,14-19H,4,6-11,13H2,1-2H3/b5-3+. The molecule has 0 saturated heterocycles. The minimum Gasteiger partial charge on any atom is -0.491 e. The average molecular weight is 399 g/mol. The maximum absolute atomic E-state index is 14.7. The van der Waals surface area contributed by atoms with Crippen molar-refractivity contribution in [1.82, 2.24) is 0 Å². The highest BCUT2D eigenvalue weighted by Crippen LogP contribution is 2.44. The van der Waals surface area contributed by atoms with E-state index in [0.29, 0.717) is 12.4 Å². The van der Waals surface area contributed by atoms with Gasteiger partial charge in [-0.2, -0.15) is 0 Å². The predicted molar refractivity (Wildman–Crippen MR) is 119 cm³/mol. The summed E-state index contributed by atoms with van der Waals surface area (Å²) in [5.41, 5.74) is 1.41. The number of thiophene rings is 1. The Kier molecular flexibility index (Phi) is 6.20. The van der Waals surface area contributed by atoms with Crippen LogP contribution in [0.5, 0.6) is 5.75 Å². The van der Waals surface area contributed by atoms with E-state index in [9.17, 15) is 4.39 Å². The van der Waals surface area contributed by atoms with Crippen LogP contribution in [0.4, 0.5) is 4.39 Å². The lowest BCUT2D eigenvalue weighted by Crippen LogP contribution is -2.22. The quantitative estimate of drug-likeness (QED) is 0.463. The van der Waals surface area contributed by atoms with E-state index in [0.717, 1.165) is 34.3 Å². The number of ether oxygens (including phenoxy) is 1. The Morgan fingerprint density at radius 3 is 2.64 bits per heavy atom. The van der Waals surface area contributed by atoms with Gasteiger partial charge >= 0.3 is 0 Å². The minimum absolute atomic E-state index is 0.206. The van der Waals surface area contributed by atoms with Crippen LogP contribution < -0.4 is 4.74 Å². The van der Waals surface area contributed by atoms with Gasteiger partial charge in [-0.1, -0.05) is 18.2 Å². The lowest BCUT2D eigenvalue weighted by molar-refractivity contribution is 0.212. The molecule has 1 atom stereocenters.